The summed E-state index contributed by atoms with van der Waals surface area (Å²) >= 11 is 0. The predicted molar refractivity (Wildman–Crippen MR) is 145 cm³/mol. The minimum Gasteiger partial charge on any atom is -0.478 e. The summed E-state index contributed by atoms with van der Waals surface area (Å²) < 4.78 is 5.83. The van der Waals surface area contributed by atoms with Crippen molar-refractivity contribution in [3.63, 3.8) is 0 Å². The molecule has 0 atom stereocenters. The van der Waals surface area contributed by atoms with Gasteiger partial charge in [0.2, 0.25) is 0 Å². The third-order valence-electron chi connectivity index (χ3n) is 6.26. The maximum atomic E-state index is 13.9. The molecule has 4 rings (SSSR count). The molecule has 0 aliphatic carbocycles. The highest BCUT2D eigenvalue weighted by Gasteiger charge is 2.28. The second-order valence-corrected chi connectivity index (χ2v) is 9.01. The van der Waals surface area contributed by atoms with E-state index < -0.39 is 46.1 Å². The van der Waals surface area contributed by atoms with Gasteiger partial charge in [-0.05, 0) is 60.0 Å². The van der Waals surface area contributed by atoms with Crippen LogP contribution in [0, 0.1) is 6.92 Å². The van der Waals surface area contributed by atoms with Gasteiger partial charge in [0.15, 0.2) is 0 Å². The number of carboxylic acids is 3. The van der Waals surface area contributed by atoms with Gasteiger partial charge in [0.1, 0.15) is 11.5 Å². The number of hydrogen-bond acceptors (Lipinski definition) is 5. The summed E-state index contributed by atoms with van der Waals surface area (Å²) in [5, 5.41) is 28.8. The summed E-state index contributed by atoms with van der Waals surface area (Å²) in [5.74, 6) is -4.29. The maximum Gasteiger partial charge on any atom is 0.336 e. The minimum atomic E-state index is -1.62. The van der Waals surface area contributed by atoms with E-state index in [1.54, 1.807) is 24.3 Å². The molecule has 0 fully saturated rings. The number of rotatable bonds is 10. The van der Waals surface area contributed by atoms with Crippen molar-refractivity contribution in [1.29, 1.82) is 0 Å². The molecule has 4 aromatic rings. The van der Waals surface area contributed by atoms with Gasteiger partial charge in [0.25, 0.3) is 5.91 Å². The van der Waals surface area contributed by atoms with E-state index in [2.05, 4.69) is 0 Å². The monoisotopic (exact) mass is 539 g/mol. The van der Waals surface area contributed by atoms with Crippen molar-refractivity contribution in [2.45, 2.75) is 20.0 Å². The SMILES string of the molecule is Cc1ccccc1CN(Cc1ccc(Oc2ccccc2)cc1)C(=O)c1cc(C(=O)O)c(C(=O)O)cc1C(=O)O. The van der Waals surface area contributed by atoms with Gasteiger partial charge < -0.3 is 25.0 Å². The van der Waals surface area contributed by atoms with Crippen molar-refractivity contribution in [2.24, 2.45) is 0 Å². The van der Waals surface area contributed by atoms with E-state index in [4.69, 9.17) is 4.74 Å². The van der Waals surface area contributed by atoms with Crippen LogP contribution >= 0.6 is 0 Å². The summed E-state index contributed by atoms with van der Waals surface area (Å²) in [5.41, 5.74) is -0.0173. The van der Waals surface area contributed by atoms with Crippen LogP contribution in [0.1, 0.15) is 58.1 Å². The van der Waals surface area contributed by atoms with E-state index in [0.717, 1.165) is 17.2 Å². The van der Waals surface area contributed by atoms with Gasteiger partial charge in [-0.2, -0.15) is 0 Å². The summed E-state index contributed by atoms with van der Waals surface area (Å²) in [6, 6.07) is 25.1. The lowest BCUT2D eigenvalue weighted by molar-refractivity contribution is 0.0643. The summed E-state index contributed by atoms with van der Waals surface area (Å²) in [6.45, 7) is 2.03. The van der Waals surface area contributed by atoms with E-state index in [-0.39, 0.29) is 13.1 Å². The zero-order chi connectivity index (χ0) is 28.8. The third kappa shape index (κ3) is 6.33. The Kier molecular flexibility index (Phi) is 8.24. The minimum absolute atomic E-state index is 0.0565. The second-order valence-electron chi connectivity index (χ2n) is 9.01. The summed E-state index contributed by atoms with van der Waals surface area (Å²) in [7, 11) is 0. The highest BCUT2D eigenvalue weighted by Crippen LogP contribution is 2.25. The molecule has 9 heteroatoms. The fourth-order valence-electron chi connectivity index (χ4n) is 4.18. The van der Waals surface area contributed by atoms with E-state index in [0.29, 0.717) is 23.1 Å². The first-order chi connectivity index (χ1) is 19.1. The van der Waals surface area contributed by atoms with Crippen LogP contribution in [0.15, 0.2) is 91.0 Å². The Balaban J connectivity index is 1.72. The van der Waals surface area contributed by atoms with Gasteiger partial charge in [-0.3, -0.25) is 4.79 Å². The number of aryl methyl sites for hydroxylation is 1. The third-order valence-corrected chi connectivity index (χ3v) is 6.26. The topological polar surface area (TPSA) is 141 Å². The number of para-hydroxylation sites is 1. The molecule has 9 nitrogen and oxygen atoms in total. The average molecular weight is 540 g/mol. The molecular formula is C31H25NO8. The molecule has 0 aliphatic heterocycles. The van der Waals surface area contributed by atoms with Crippen LogP contribution in [-0.4, -0.2) is 44.0 Å². The van der Waals surface area contributed by atoms with Crippen LogP contribution in [0.2, 0.25) is 0 Å². The van der Waals surface area contributed by atoms with Crippen LogP contribution in [0.5, 0.6) is 11.5 Å². The molecule has 202 valence electrons. The molecule has 0 spiro atoms. The molecular weight excluding hydrogens is 514 g/mol. The molecule has 0 aromatic heterocycles. The number of carbonyl (C=O) groups excluding carboxylic acids is 1. The van der Waals surface area contributed by atoms with Crippen molar-refractivity contribution in [1.82, 2.24) is 4.90 Å². The number of carbonyl (C=O) groups is 4. The number of benzene rings is 4. The summed E-state index contributed by atoms with van der Waals surface area (Å²) in [4.78, 5) is 50.7. The standard InChI is InChI=1S/C31H25NO8/c1-19-7-5-6-8-21(19)18-32(17-20-11-13-23(14-12-20)40-22-9-3-2-4-10-22)28(33)24-15-26(30(36)37)27(31(38)39)16-25(24)29(34)35/h2-16H,17-18H2,1H3,(H,34,35)(H,36,37)(H,38,39). The van der Waals surface area contributed by atoms with E-state index in [1.807, 2.05) is 61.5 Å². The Morgan fingerprint density at radius 1 is 0.625 bits per heavy atom. The first kappa shape index (κ1) is 27.6. The van der Waals surface area contributed by atoms with Crippen LogP contribution in [0.25, 0.3) is 0 Å². The first-order valence-corrected chi connectivity index (χ1v) is 12.2. The van der Waals surface area contributed by atoms with Crippen LogP contribution in [0.3, 0.4) is 0 Å². The maximum absolute atomic E-state index is 13.9. The van der Waals surface area contributed by atoms with Gasteiger partial charge in [-0.25, -0.2) is 14.4 Å². The molecule has 0 unspecified atom stereocenters. The number of carboxylic acid groups (broad SMARTS) is 3. The van der Waals surface area contributed by atoms with Crippen LogP contribution < -0.4 is 4.74 Å². The normalized spacial score (nSPS) is 10.5. The highest BCUT2D eigenvalue weighted by atomic mass is 16.5. The predicted octanol–water partition coefficient (Wildman–Crippen LogP) is 5.72. The van der Waals surface area contributed by atoms with Gasteiger partial charge in [0.05, 0.1) is 22.3 Å². The number of ether oxygens (including phenoxy) is 1. The van der Waals surface area contributed by atoms with Crippen molar-refractivity contribution in [3.05, 3.63) is 130 Å². The fraction of sp³-hybridized carbons (Fsp3) is 0.0968. The number of aromatic carboxylic acids is 3. The Morgan fingerprint density at radius 2 is 1.12 bits per heavy atom. The van der Waals surface area contributed by atoms with Gasteiger partial charge in [-0.1, -0.05) is 54.6 Å². The largest absolute Gasteiger partial charge is 0.478 e. The zero-order valence-electron chi connectivity index (χ0n) is 21.4. The number of amides is 1. The van der Waals surface area contributed by atoms with E-state index >= 15 is 0 Å². The van der Waals surface area contributed by atoms with Crippen LogP contribution in [0.4, 0.5) is 0 Å². The van der Waals surface area contributed by atoms with Crippen molar-refractivity contribution in [3.8, 4) is 11.5 Å². The molecule has 3 N–H and O–H groups in total. The van der Waals surface area contributed by atoms with E-state index in [1.165, 1.54) is 4.90 Å². The molecule has 0 radical (unpaired) electrons. The summed E-state index contributed by atoms with van der Waals surface area (Å²) in [6.07, 6.45) is 0. The molecule has 0 heterocycles. The molecule has 4 aromatic carbocycles. The zero-order valence-corrected chi connectivity index (χ0v) is 21.4. The lowest BCUT2D eigenvalue weighted by Gasteiger charge is -2.25. The van der Waals surface area contributed by atoms with Crippen molar-refractivity contribution in [2.75, 3.05) is 0 Å². The van der Waals surface area contributed by atoms with E-state index in [9.17, 15) is 34.5 Å². The fourth-order valence-corrected chi connectivity index (χ4v) is 4.18. The first-order valence-electron chi connectivity index (χ1n) is 12.2. The number of hydrogen-bond donors (Lipinski definition) is 3. The smallest absolute Gasteiger partial charge is 0.336 e. The Hall–Kier alpha value is -5.44. The van der Waals surface area contributed by atoms with Crippen molar-refractivity contribution >= 4 is 23.8 Å². The quantitative estimate of drug-likeness (QED) is 0.232. The highest BCUT2D eigenvalue weighted by molar-refractivity contribution is 6.10. The van der Waals surface area contributed by atoms with Gasteiger partial charge in [0, 0.05) is 13.1 Å². The lowest BCUT2D eigenvalue weighted by Crippen LogP contribution is -2.32. The average Bonchev–Trinajstić information content (AvgIpc) is 2.94. The molecule has 0 bridgehead atoms. The molecule has 1 amide bonds. The van der Waals surface area contributed by atoms with Crippen LogP contribution in [-0.2, 0) is 13.1 Å². The van der Waals surface area contributed by atoms with Crippen molar-refractivity contribution < 1.29 is 39.2 Å². The molecule has 40 heavy (non-hydrogen) atoms. The molecule has 0 saturated heterocycles. The van der Waals surface area contributed by atoms with Gasteiger partial charge in [-0.15, -0.1) is 0 Å². The molecule has 0 aliphatic rings. The Bertz CT molecular complexity index is 1580. The lowest BCUT2D eigenvalue weighted by atomic mass is 9.96. The second kappa shape index (κ2) is 12.0. The number of nitrogens with zero attached hydrogens (tertiary/aromatic N) is 1. The Labute approximate surface area is 229 Å². The Morgan fingerprint density at radius 3 is 1.70 bits per heavy atom. The van der Waals surface area contributed by atoms with Gasteiger partial charge >= 0.3 is 17.9 Å². The molecule has 0 saturated carbocycles.